The molecule has 0 fully saturated rings. The second-order valence-electron chi connectivity index (χ2n) is 6.82. The number of fused-ring (bicyclic) bond motifs is 1. The summed E-state index contributed by atoms with van der Waals surface area (Å²) in [4.78, 5) is 18.0. The van der Waals surface area contributed by atoms with Crippen molar-refractivity contribution in [3.8, 4) is 16.9 Å². The maximum Gasteiger partial charge on any atom is 0.262 e. The van der Waals surface area contributed by atoms with Crippen molar-refractivity contribution in [3.63, 3.8) is 0 Å². The zero-order chi connectivity index (χ0) is 20.4. The van der Waals surface area contributed by atoms with E-state index in [1.807, 2.05) is 36.6 Å². The van der Waals surface area contributed by atoms with Crippen LogP contribution in [0.5, 0.6) is 5.75 Å². The average Bonchev–Trinajstić information content (AvgIpc) is 3.15. The van der Waals surface area contributed by atoms with Gasteiger partial charge in [0.05, 0.1) is 18.3 Å². The van der Waals surface area contributed by atoms with Gasteiger partial charge in [-0.25, -0.2) is 9.37 Å². The van der Waals surface area contributed by atoms with Crippen molar-refractivity contribution >= 4 is 21.6 Å². The van der Waals surface area contributed by atoms with Crippen LogP contribution in [-0.4, -0.2) is 27.4 Å². The number of aryl methyl sites for hydroxylation is 1. The summed E-state index contributed by atoms with van der Waals surface area (Å²) in [6.45, 7) is 2.10. The van der Waals surface area contributed by atoms with Gasteiger partial charge in [-0.2, -0.15) is 0 Å². The van der Waals surface area contributed by atoms with Gasteiger partial charge in [0.2, 0.25) is 0 Å². The van der Waals surface area contributed by atoms with Crippen molar-refractivity contribution in [2.45, 2.75) is 19.6 Å². The fraction of sp³-hybridized carbons (Fsp3) is 0.182. The van der Waals surface area contributed by atoms with Gasteiger partial charge in [0.1, 0.15) is 29.1 Å². The van der Waals surface area contributed by atoms with Gasteiger partial charge in [0.15, 0.2) is 0 Å². The Hall–Kier alpha value is -3.03. The maximum absolute atomic E-state index is 13.2. The Bertz CT molecular complexity index is 1180. The number of hydrogen-bond donors (Lipinski definition) is 1. The Kier molecular flexibility index (Phi) is 5.42. The minimum absolute atomic E-state index is 0.0575. The third-order valence-electron chi connectivity index (χ3n) is 4.59. The van der Waals surface area contributed by atoms with Crippen molar-refractivity contribution < 1.29 is 14.2 Å². The lowest BCUT2D eigenvalue weighted by Gasteiger charge is -2.14. The highest BCUT2D eigenvalue weighted by Crippen LogP contribution is 2.30. The van der Waals surface area contributed by atoms with Crippen molar-refractivity contribution in [3.05, 3.63) is 82.0 Å². The molecule has 4 aromatic rings. The number of benzene rings is 2. The summed E-state index contributed by atoms with van der Waals surface area (Å²) in [5.41, 5.74) is 2.33. The van der Waals surface area contributed by atoms with E-state index in [4.69, 9.17) is 4.74 Å². The number of aromatic nitrogens is 2. The lowest BCUT2D eigenvalue weighted by atomic mass is 10.1. The largest absolute Gasteiger partial charge is 0.491 e. The number of halogens is 1. The molecule has 5 nitrogen and oxygen atoms in total. The normalized spacial score (nSPS) is 12.2. The zero-order valence-corrected chi connectivity index (χ0v) is 16.5. The summed E-state index contributed by atoms with van der Waals surface area (Å²) in [5.74, 6) is 0.326. The van der Waals surface area contributed by atoms with Crippen LogP contribution in [0.1, 0.15) is 5.56 Å². The van der Waals surface area contributed by atoms with E-state index in [0.29, 0.717) is 21.5 Å². The minimum Gasteiger partial charge on any atom is -0.491 e. The summed E-state index contributed by atoms with van der Waals surface area (Å²) in [7, 11) is 0. The van der Waals surface area contributed by atoms with Gasteiger partial charge in [0.25, 0.3) is 5.56 Å². The molecule has 0 radical (unpaired) electrons. The molecule has 2 aromatic carbocycles. The molecule has 0 bridgehead atoms. The summed E-state index contributed by atoms with van der Waals surface area (Å²) in [6, 6.07) is 13.5. The van der Waals surface area contributed by atoms with E-state index >= 15 is 0 Å². The van der Waals surface area contributed by atoms with E-state index < -0.39 is 6.10 Å². The molecule has 0 amide bonds. The van der Waals surface area contributed by atoms with Gasteiger partial charge < -0.3 is 9.84 Å². The lowest BCUT2D eigenvalue weighted by molar-refractivity contribution is 0.0915. The molecule has 29 heavy (non-hydrogen) atoms. The number of hydrogen-bond acceptors (Lipinski definition) is 5. The van der Waals surface area contributed by atoms with Crippen LogP contribution < -0.4 is 10.3 Å². The van der Waals surface area contributed by atoms with E-state index in [9.17, 15) is 14.3 Å². The molecule has 0 spiro atoms. The SMILES string of the molecule is Cc1ccc(OC[C@@H](O)Cn2cnc3scc(-c4ccc(F)cc4)c3c2=O)cc1. The van der Waals surface area contributed by atoms with Gasteiger partial charge in [-0.05, 0) is 36.8 Å². The van der Waals surface area contributed by atoms with Crippen LogP contribution in [0, 0.1) is 12.7 Å². The molecule has 0 aliphatic rings. The molecule has 2 heterocycles. The minimum atomic E-state index is -0.874. The van der Waals surface area contributed by atoms with E-state index in [2.05, 4.69) is 4.98 Å². The first-order valence-electron chi connectivity index (χ1n) is 9.11. The first-order chi connectivity index (χ1) is 14.0. The predicted octanol–water partition coefficient (Wildman–Crippen LogP) is 4.01. The number of thiophene rings is 1. The fourth-order valence-electron chi connectivity index (χ4n) is 3.05. The molecule has 1 N–H and O–H groups in total. The molecule has 0 saturated heterocycles. The van der Waals surface area contributed by atoms with E-state index in [1.165, 1.54) is 34.4 Å². The van der Waals surface area contributed by atoms with Gasteiger partial charge >= 0.3 is 0 Å². The molecule has 0 unspecified atom stereocenters. The van der Waals surface area contributed by atoms with E-state index in [0.717, 1.165) is 11.1 Å². The highest BCUT2D eigenvalue weighted by molar-refractivity contribution is 7.17. The number of aliphatic hydroxyl groups is 1. The quantitative estimate of drug-likeness (QED) is 0.522. The molecular weight excluding hydrogens is 391 g/mol. The molecule has 4 rings (SSSR count). The van der Waals surface area contributed by atoms with Gasteiger partial charge in [-0.3, -0.25) is 9.36 Å². The molecule has 148 valence electrons. The second kappa shape index (κ2) is 8.14. The standard InChI is InChI=1S/C22H19FN2O3S/c1-14-2-8-18(9-3-14)28-11-17(26)10-25-13-24-21-20(22(25)27)19(12-29-21)15-4-6-16(23)7-5-15/h2-9,12-13,17,26H,10-11H2,1H3/t17-/m0/s1. The third-order valence-corrected chi connectivity index (χ3v) is 5.47. The monoisotopic (exact) mass is 410 g/mol. The fourth-order valence-corrected chi connectivity index (χ4v) is 3.95. The second-order valence-corrected chi connectivity index (χ2v) is 7.67. The molecule has 0 saturated carbocycles. The Morgan fingerprint density at radius 2 is 1.90 bits per heavy atom. The van der Waals surface area contributed by atoms with Crippen molar-refractivity contribution in [2.75, 3.05) is 6.61 Å². The van der Waals surface area contributed by atoms with Gasteiger partial charge in [-0.1, -0.05) is 29.8 Å². The van der Waals surface area contributed by atoms with Crippen LogP contribution in [0.25, 0.3) is 21.3 Å². The molecule has 7 heteroatoms. The van der Waals surface area contributed by atoms with Crippen molar-refractivity contribution in [1.82, 2.24) is 9.55 Å². The van der Waals surface area contributed by atoms with Gasteiger partial charge in [0, 0.05) is 10.9 Å². The summed E-state index contributed by atoms with van der Waals surface area (Å²) < 4.78 is 20.2. The highest BCUT2D eigenvalue weighted by atomic mass is 32.1. The van der Waals surface area contributed by atoms with Crippen LogP contribution in [0.4, 0.5) is 4.39 Å². The Labute approximate surface area is 170 Å². The van der Waals surface area contributed by atoms with Gasteiger partial charge in [-0.15, -0.1) is 11.3 Å². The van der Waals surface area contributed by atoms with E-state index in [1.54, 1.807) is 12.1 Å². The van der Waals surface area contributed by atoms with Crippen LogP contribution >= 0.6 is 11.3 Å². The zero-order valence-electron chi connectivity index (χ0n) is 15.7. The first kappa shape index (κ1) is 19.3. The smallest absolute Gasteiger partial charge is 0.262 e. The Balaban J connectivity index is 1.55. The molecule has 2 aromatic heterocycles. The third kappa shape index (κ3) is 4.21. The summed E-state index contributed by atoms with van der Waals surface area (Å²) >= 11 is 1.36. The van der Waals surface area contributed by atoms with Crippen LogP contribution in [-0.2, 0) is 6.54 Å². The predicted molar refractivity (Wildman–Crippen MR) is 112 cm³/mol. The number of aliphatic hydroxyl groups excluding tert-OH is 1. The lowest BCUT2D eigenvalue weighted by Crippen LogP contribution is -2.30. The number of nitrogens with zero attached hydrogens (tertiary/aromatic N) is 2. The van der Waals surface area contributed by atoms with Crippen molar-refractivity contribution in [2.24, 2.45) is 0 Å². The Morgan fingerprint density at radius 1 is 1.17 bits per heavy atom. The summed E-state index contributed by atoms with van der Waals surface area (Å²) in [5, 5.41) is 12.6. The topological polar surface area (TPSA) is 64.3 Å². The Morgan fingerprint density at radius 3 is 2.62 bits per heavy atom. The average molecular weight is 410 g/mol. The molecule has 1 atom stereocenters. The highest BCUT2D eigenvalue weighted by Gasteiger charge is 2.15. The molecule has 0 aliphatic carbocycles. The van der Waals surface area contributed by atoms with Crippen LogP contribution in [0.15, 0.2) is 65.0 Å². The summed E-state index contributed by atoms with van der Waals surface area (Å²) in [6.07, 6.45) is 0.561. The number of ether oxygens (including phenoxy) is 1. The van der Waals surface area contributed by atoms with Crippen molar-refractivity contribution in [1.29, 1.82) is 0 Å². The molecular formula is C22H19FN2O3S. The maximum atomic E-state index is 13.2. The van der Waals surface area contributed by atoms with Crippen LogP contribution in [0.2, 0.25) is 0 Å². The first-order valence-corrected chi connectivity index (χ1v) is 9.99. The molecule has 0 aliphatic heterocycles. The van der Waals surface area contributed by atoms with Crippen LogP contribution in [0.3, 0.4) is 0 Å². The number of rotatable bonds is 6. The van der Waals surface area contributed by atoms with E-state index in [-0.39, 0.29) is 24.5 Å².